The van der Waals surface area contributed by atoms with Gasteiger partial charge in [-0.05, 0) is 6.04 Å². The van der Waals surface area contributed by atoms with Crippen LogP contribution in [0, 0.1) is 0 Å². The molecule has 0 aromatic heterocycles. The van der Waals surface area contributed by atoms with Crippen molar-refractivity contribution < 1.29 is 14.0 Å². The van der Waals surface area contributed by atoms with Crippen LogP contribution < -0.4 is 0 Å². The summed E-state index contributed by atoms with van der Waals surface area (Å²) in [5.41, 5.74) is 0.275. The Morgan fingerprint density at radius 2 is 2.44 bits per heavy atom. The second-order valence-electron chi connectivity index (χ2n) is 1.65. The lowest BCUT2D eigenvalue weighted by Gasteiger charge is -1.95. The molecule has 1 N–H and O–H groups in total. The largest absolute Gasteiger partial charge is 0.478 e. The fraction of sp³-hybridized carbons (Fsp3) is 0.250. The molecule has 0 spiro atoms. The minimum Gasteiger partial charge on any atom is -0.478 e. The summed E-state index contributed by atoms with van der Waals surface area (Å²) in [6.07, 6.45) is 0. The van der Waals surface area contributed by atoms with Gasteiger partial charge in [-0.15, -0.1) is 0 Å². The van der Waals surface area contributed by atoms with Gasteiger partial charge in [0.05, 0.1) is 0 Å². The van der Waals surface area contributed by atoms with E-state index in [1.807, 2.05) is 0 Å². The second kappa shape index (κ2) is 4.48. The van der Waals surface area contributed by atoms with Crippen molar-refractivity contribution in [3.8, 4) is 0 Å². The van der Waals surface area contributed by atoms with Gasteiger partial charge in [0.25, 0.3) is 0 Å². The smallest absolute Gasteiger partial charge is 0.330 e. The first-order chi connectivity index (χ1) is 4.18. The molecule has 52 valence electrons. The van der Waals surface area contributed by atoms with E-state index < -0.39 is 15.7 Å². The van der Waals surface area contributed by atoms with Gasteiger partial charge in [0.1, 0.15) is 20.2 Å². The second-order valence-corrected chi connectivity index (χ2v) is 4.87. The van der Waals surface area contributed by atoms with Gasteiger partial charge in [0, 0.05) is 5.57 Å². The molecule has 0 rings (SSSR count). The predicted octanol–water partition coefficient (Wildman–Crippen LogP) is -1.57. The molecule has 0 atom stereocenters. The molecule has 0 aliphatic rings. The fourth-order valence-electron chi connectivity index (χ4n) is 0.332. The molecule has 0 aliphatic carbocycles. The normalized spacial score (nSPS) is 10.7. The number of rotatable bonds is 4. The lowest BCUT2D eigenvalue weighted by Crippen LogP contribution is -2.03. The van der Waals surface area contributed by atoms with Crippen LogP contribution in [0.1, 0.15) is 0 Å². The zero-order chi connectivity index (χ0) is 7.28. The van der Waals surface area contributed by atoms with Crippen molar-refractivity contribution in [3.63, 3.8) is 0 Å². The number of hydrogen-bond acceptors (Lipinski definition) is 2. The molecule has 5 heteroatoms. The first kappa shape index (κ1) is 8.60. The summed E-state index contributed by atoms with van der Waals surface area (Å²) in [6, 6.07) is 0.568. The molecule has 0 unspecified atom stereocenters. The summed E-state index contributed by atoms with van der Waals surface area (Å²) in [4.78, 5) is 10.1. The molecule has 0 amide bonds. The number of carbonyl (C=O) groups is 1. The maximum atomic E-state index is 10.1. The van der Waals surface area contributed by atoms with Crippen LogP contribution in [0.15, 0.2) is 12.2 Å². The van der Waals surface area contributed by atoms with Crippen molar-refractivity contribution in [3.05, 3.63) is 12.2 Å². The highest BCUT2D eigenvalue weighted by molar-refractivity contribution is 6.36. The molecule has 0 saturated carbocycles. The summed E-state index contributed by atoms with van der Waals surface area (Å²) in [7, 11) is 0.131. The van der Waals surface area contributed by atoms with Crippen molar-refractivity contribution in [2.24, 2.45) is 0 Å². The Hall–Kier alpha value is -0.396. The van der Waals surface area contributed by atoms with Crippen LogP contribution in [-0.4, -0.2) is 31.3 Å². The van der Waals surface area contributed by atoms with E-state index in [1.165, 1.54) is 0 Å². The number of carboxylic acid groups (broad SMARTS) is 1. The van der Waals surface area contributed by atoms with Crippen LogP contribution >= 0.6 is 0 Å². The maximum absolute atomic E-state index is 10.1. The van der Waals surface area contributed by atoms with Gasteiger partial charge in [-0.1, -0.05) is 6.58 Å². The highest BCUT2D eigenvalue weighted by Crippen LogP contribution is 1.95. The molecule has 0 heterocycles. The van der Waals surface area contributed by atoms with Gasteiger partial charge >= 0.3 is 5.97 Å². The zero-order valence-electron chi connectivity index (χ0n) is 5.39. The summed E-state index contributed by atoms with van der Waals surface area (Å²) in [5.74, 6) is -0.902. The average molecular weight is 162 g/mol. The third-order valence-corrected chi connectivity index (χ3v) is 3.35. The molecule has 9 heavy (non-hydrogen) atoms. The van der Waals surface area contributed by atoms with Gasteiger partial charge in [-0.3, -0.25) is 0 Å². The predicted molar refractivity (Wildman–Crippen MR) is 41.2 cm³/mol. The van der Waals surface area contributed by atoms with Gasteiger partial charge in [-0.2, -0.15) is 0 Å². The molecule has 0 fully saturated rings. The summed E-state index contributed by atoms with van der Waals surface area (Å²) < 4.78 is 4.92. The van der Waals surface area contributed by atoms with E-state index in [1.54, 1.807) is 0 Å². The number of carboxylic acids is 1. The van der Waals surface area contributed by atoms with E-state index >= 15 is 0 Å². The Morgan fingerprint density at radius 3 is 2.78 bits per heavy atom. The highest BCUT2D eigenvalue weighted by Gasteiger charge is 2.01. The molecular weight excluding hydrogens is 152 g/mol. The van der Waals surface area contributed by atoms with Gasteiger partial charge in [0.15, 0.2) is 0 Å². The van der Waals surface area contributed by atoms with Gasteiger partial charge in [0.2, 0.25) is 0 Å². The molecule has 0 aromatic carbocycles. The van der Waals surface area contributed by atoms with Gasteiger partial charge in [-0.25, -0.2) is 4.79 Å². The topological polar surface area (TPSA) is 46.5 Å². The molecule has 0 radical (unpaired) electrons. The van der Waals surface area contributed by atoms with Gasteiger partial charge < -0.3 is 9.22 Å². The Bertz CT molecular complexity index is 123. The molecule has 0 aromatic rings. The molecule has 3 nitrogen and oxygen atoms in total. The maximum Gasteiger partial charge on any atom is 0.330 e. The van der Waals surface area contributed by atoms with E-state index in [0.717, 1.165) is 10.5 Å². The Balaban J connectivity index is 3.39. The molecular formula is C4H10O3Si2. The summed E-state index contributed by atoms with van der Waals surface area (Å²) >= 11 is 0. The van der Waals surface area contributed by atoms with E-state index in [4.69, 9.17) is 9.22 Å². The Kier molecular flexibility index (Phi) is 4.28. The standard InChI is InChI=1S/C4H10O3Si2/c1-3(4(5)6)2-9-7-8/h1-2,9H2,8H3,(H,5,6). The van der Waals surface area contributed by atoms with Crippen LogP contribution in [0.4, 0.5) is 0 Å². The van der Waals surface area contributed by atoms with Crippen LogP contribution in [0.2, 0.25) is 6.04 Å². The van der Waals surface area contributed by atoms with E-state index in [0.29, 0.717) is 6.04 Å². The van der Waals surface area contributed by atoms with Crippen LogP contribution in [-0.2, 0) is 8.91 Å². The highest BCUT2D eigenvalue weighted by atomic mass is 28.3. The summed E-state index contributed by atoms with van der Waals surface area (Å²) in [5, 5.41) is 8.29. The number of hydrogen-bond donors (Lipinski definition) is 1. The lowest BCUT2D eigenvalue weighted by atomic mass is 10.4. The van der Waals surface area contributed by atoms with Crippen molar-refractivity contribution in [2.75, 3.05) is 0 Å². The van der Waals surface area contributed by atoms with E-state index in [9.17, 15) is 4.79 Å². The molecule has 0 bridgehead atoms. The van der Waals surface area contributed by atoms with Crippen molar-refractivity contribution in [1.82, 2.24) is 0 Å². The molecule has 0 saturated heterocycles. The first-order valence-electron chi connectivity index (χ1n) is 2.58. The third-order valence-electron chi connectivity index (χ3n) is 0.910. The fourth-order valence-corrected chi connectivity index (χ4v) is 1.61. The monoisotopic (exact) mass is 162 g/mol. The quantitative estimate of drug-likeness (QED) is 0.401. The first-order valence-corrected chi connectivity index (χ1v) is 4.98. The van der Waals surface area contributed by atoms with Crippen molar-refractivity contribution in [1.29, 1.82) is 0 Å². The zero-order valence-corrected chi connectivity index (χ0v) is 8.80. The minimum absolute atomic E-state index is 0.275. The summed E-state index contributed by atoms with van der Waals surface area (Å²) in [6.45, 7) is 3.36. The minimum atomic E-state index is -0.902. The van der Waals surface area contributed by atoms with E-state index in [2.05, 4.69) is 6.58 Å². The van der Waals surface area contributed by atoms with E-state index in [-0.39, 0.29) is 5.57 Å². The lowest BCUT2D eigenvalue weighted by molar-refractivity contribution is -0.132. The average Bonchev–Trinajstić information content (AvgIpc) is 1.82. The van der Waals surface area contributed by atoms with Crippen molar-refractivity contribution >= 4 is 26.2 Å². The van der Waals surface area contributed by atoms with Crippen LogP contribution in [0.5, 0.6) is 0 Å². The van der Waals surface area contributed by atoms with Crippen LogP contribution in [0.25, 0.3) is 0 Å². The van der Waals surface area contributed by atoms with Crippen molar-refractivity contribution in [2.45, 2.75) is 6.04 Å². The number of aliphatic carboxylic acids is 1. The third kappa shape index (κ3) is 4.13. The molecule has 0 aliphatic heterocycles. The SMILES string of the molecule is C=C(C[SiH2]O[SiH3])C(=O)O. The Morgan fingerprint density at radius 1 is 1.89 bits per heavy atom. The van der Waals surface area contributed by atoms with Crippen LogP contribution in [0.3, 0.4) is 0 Å². The Labute approximate surface area is 59.2 Å².